The van der Waals surface area contributed by atoms with Crippen LogP contribution >= 0.6 is 15.9 Å². The average molecular weight is 577 g/mol. The summed E-state index contributed by atoms with van der Waals surface area (Å²) >= 11 is 3.61. The Morgan fingerprint density at radius 3 is 2.38 bits per heavy atom. The first-order chi connectivity index (χ1) is 19.2. The SMILES string of the molecule is Brc1cnn2c(NCC3CCCN(Cc4ccc(C#Cc5ccccc5)cc4)C3)cc(-c3ccccc3)nc12. The molecule has 1 N–H and O–H groups in total. The summed E-state index contributed by atoms with van der Waals surface area (Å²) in [6, 6.07) is 31.2. The van der Waals surface area contributed by atoms with Crippen LogP contribution in [0.5, 0.6) is 0 Å². The second kappa shape index (κ2) is 11.9. The first-order valence-corrected chi connectivity index (χ1v) is 14.2. The van der Waals surface area contributed by atoms with E-state index in [1.165, 1.54) is 18.4 Å². The number of benzene rings is 3. The fourth-order valence-corrected chi connectivity index (χ4v) is 5.49. The van der Waals surface area contributed by atoms with Crippen molar-refractivity contribution in [3.8, 4) is 23.1 Å². The summed E-state index contributed by atoms with van der Waals surface area (Å²) in [6.07, 6.45) is 4.24. The van der Waals surface area contributed by atoms with Gasteiger partial charge in [0.15, 0.2) is 5.65 Å². The van der Waals surface area contributed by atoms with Crippen LogP contribution < -0.4 is 5.32 Å². The molecule has 1 aliphatic rings. The van der Waals surface area contributed by atoms with Gasteiger partial charge in [-0.15, -0.1) is 0 Å². The van der Waals surface area contributed by atoms with Gasteiger partial charge in [-0.05, 0) is 71.1 Å². The maximum Gasteiger partial charge on any atom is 0.172 e. The molecule has 39 heavy (non-hydrogen) atoms. The lowest BCUT2D eigenvalue weighted by Gasteiger charge is -2.33. The highest BCUT2D eigenvalue weighted by molar-refractivity contribution is 9.10. The molecule has 5 aromatic rings. The van der Waals surface area contributed by atoms with Crippen LogP contribution in [0.1, 0.15) is 29.5 Å². The van der Waals surface area contributed by atoms with Gasteiger partial charge < -0.3 is 5.32 Å². The maximum atomic E-state index is 4.85. The van der Waals surface area contributed by atoms with Crippen molar-refractivity contribution < 1.29 is 0 Å². The smallest absolute Gasteiger partial charge is 0.172 e. The van der Waals surface area contributed by atoms with Gasteiger partial charge in [0.2, 0.25) is 0 Å². The molecule has 0 spiro atoms. The van der Waals surface area contributed by atoms with Crippen LogP contribution in [0.3, 0.4) is 0 Å². The number of aromatic nitrogens is 3. The quantitative estimate of drug-likeness (QED) is 0.224. The lowest BCUT2D eigenvalue weighted by Crippen LogP contribution is -2.37. The van der Waals surface area contributed by atoms with Crippen molar-refractivity contribution in [2.45, 2.75) is 19.4 Å². The molecule has 5 nitrogen and oxygen atoms in total. The van der Waals surface area contributed by atoms with Crippen molar-refractivity contribution in [3.05, 3.63) is 118 Å². The third kappa shape index (κ3) is 6.22. The summed E-state index contributed by atoms with van der Waals surface area (Å²) in [6.45, 7) is 4.07. The van der Waals surface area contributed by atoms with E-state index in [1.807, 2.05) is 59.2 Å². The number of halogens is 1. The summed E-state index contributed by atoms with van der Waals surface area (Å²) in [4.78, 5) is 7.42. The van der Waals surface area contributed by atoms with E-state index in [2.05, 4.69) is 85.6 Å². The number of hydrogen-bond donors (Lipinski definition) is 1. The molecule has 0 radical (unpaired) electrons. The molecule has 3 heterocycles. The normalized spacial score (nSPS) is 15.6. The van der Waals surface area contributed by atoms with Crippen molar-refractivity contribution in [2.24, 2.45) is 5.92 Å². The fraction of sp³-hybridized carbons (Fsp3) is 0.212. The van der Waals surface area contributed by atoms with Crippen molar-refractivity contribution >= 4 is 27.4 Å². The molecule has 1 aliphatic heterocycles. The first-order valence-electron chi connectivity index (χ1n) is 13.4. The zero-order chi connectivity index (χ0) is 26.4. The lowest BCUT2D eigenvalue weighted by atomic mass is 9.97. The summed E-state index contributed by atoms with van der Waals surface area (Å²) in [7, 11) is 0. The van der Waals surface area contributed by atoms with Gasteiger partial charge in [0, 0.05) is 42.4 Å². The van der Waals surface area contributed by atoms with Crippen LogP contribution in [0.4, 0.5) is 5.82 Å². The van der Waals surface area contributed by atoms with Gasteiger partial charge in [-0.2, -0.15) is 9.61 Å². The molecule has 6 heteroatoms. The van der Waals surface area contributed by atoms with Gasteiger partial charge in [-0.1, -0.05) is 72.5 Å². The number of fused-ring (bicyclic) bond motifs is 1. The van der Waals surface area contributed by atoms with Gasteiger partial charge in [-0.25, -0.2) is 4.98 Å². The number of rotatable bonds is 6. The molecule has 0 amide bonds. The number of hydrogen-bond acceptors (Lipinski definition) is 4. The molecule has 0 aliphatic carbocycles. The predicted octanol–water partition coefficient (Wildman–Crippen LogP) is 6.88. The number of nitrogens with one attached hydrogen (secondary N) is 1. The molecule has 194 valence electrons. The highest BCUT2D eigenvalue weighted by Gasteiger charge is 2.21. The number of anilines is 1. The molecular formula is C33H30BrN5. The lowest BCUT2D eigenvalue weighted by molar-refractivity contribution is 0.173. The topological polar surface area (TPSA) is 45.5 Å². The molecule has 0 saturated carbocycles. The molecule has 0 bridgehead atoms. The van der Waals surface area contributed by atoms with E-state index in [9.17, 15) is 0 Å². The monoisotopic (exact) mass is 575 g/mol. The molecule has 3 aromatic carbocycles. The highest BCUT2D eigenvalue weighted by atomic mass is 79.9. The van der Waals surface area contributed by atoms with Gasteiger partial charge in [-0.3, -0.25) is 4.90 Å². The van der Waals surface area contributed by atoms with Crippen LogP contribution in [0.2, 0.25) is 0 Å². The summed E-state index contributed by atoms with van der Waals surface area (Å²) < 4.78 is 2.78. The van der Waals surface area contributed by atoms with Gasteiger partial charge in [0.25, 0.3) is 0 Å². The van der Waals surface area contributed by atoms with Crippen LogP contribution in [0.25, 0.3) is 16.9 Å². The Labute approximate surface area is 238 Å². The minimum absolute atomic E-state index is 0.567. The average Bonchev–Trinajstić information content (AvgIpc) is 3.37. The zero-order valence-corrected chi connectivity index (χ0v) is 23.3. The van der Waals surface area contributed by atoms with Gasteiger partial charge in [0.1, 0.15) is 5.82 Å². The van der Waals surface area contributed by atoms with Gasteiger partial charge in [0.05, 0.1) is 16.4 Å². The Kier molecular flexibility index (Phi) is 7.71. The summed E-state index contributed by atoms with van der Waals surface area (Å²) in [5, 5.41) is 8.25. The zero-order valence-electron chi connectivity index (χ0n) is 21.7. The fourth-order valence-electron chi connectivity index (χ4n) is 5.15. The third-order valence-corrected chi connectivity index (χ3v) is 7.72. The molecule has 2 aromatic heterocycles. The van der Waals surface area contributed by atoms with E-state index >= 15 is 0 Å². The predicted molar refractivity (Wildman–Crippen MR) is 161 cm³/mol. The molecule has 1 unspecified atom stereocenters. The van der Waals surface area contributed by atoms with E-state index in [-0.39, 0.29) is 0 Å². The second-order valence-corrected chi connectivity index (χ2v) is 10.9. The number of likely N-dealkylation sites (tertiary alicyclic amines) is 1. The number of nitrogens with zero attached hydrogens (tertiary/aromatic N) is 4. The minimum atomic E-state index is 0.567. The standard InChI is InChI=1S/C33H30BrN5/c34-30-22-36-39-32(20-31(37-33(30)39)29-11-5-2-6-12-29)35-21-28-10-7-19-38(24-28)23-27-17-15-26(16-18-27)14-13-25-8-3-1-4-9-25/h1-6,8-9,11-12,15-18,20,22,28,35H,7,10,19,21,23-24H2. The Morgan fingerprint density at radius 1 is 0.897 bits per heavy atom. The molecular weight excluding hydrogens is 546 g/mol. The number of piperidine rings is 1. The van der Waals surface area contributed by atoms with Gasteiger partial charge >= 0.3 is 0 Å². The summed E-state index contributed by atoms with van der Waals surface area (Å²) in [5.41, 5.74) is 6.27. The van der Waals surface area contributed by atoms with Crippen LogP contribution in [0, 0.1) is 17.8 Å². The molecule has 1 fully saturated rings. The summed E-state index contributed by atoms with van der Waals surface area (Å²) in [5.74, 6) is 8.05. The largest absolute Gasteiger partial charge is 0.370 e. The Hall–Kier alpha value is -3.92. The van der Waals surface area contributed by atoms with Crippen LogP contribution in [-0.4, -0.2) is 39.1 Å². The Bertz CT molecular complexity index is 1600. The first kappa shape index (κ1) is 25.4. The van der Waals surface area contributed by atoms with Crippen molar-refractivity contribution in [3.63, 3.8) is 0 Å². The molecule has 1 atom stereocenters. The van der Waals surface area contributed by atoms with E-state index in [0.717, 1.165) is 64.5 Å². The second-order valence-electron chi connectivity index (χ2n) is 10.1. The Balaban J connectivity index is 1.09. The van der Waals surface area contributed by atoms with E-state index in [4.69, 9.17) is 4.98 Å². The third-order valence-electron chi connectivity index (χ3n) is 7.16. The van der Waals surface area contributed by atoms with Crippen LogP contribution in [0.15, 0.2) is 102 Å². The van der Waals surface area contributed by atoms with E-state index < -0.39 is 0 Å². The van der Waals surface area contributed by atoms with Crippen molar-refractivity contribution in [1.82, 2.24) is 19.5 Å². The minimum Gasteiger partial charge on any atom is -0.370 e. The molecule has 1 saturated heterocycles. The maximum absolute atomic E-state index is 4.85. The van der Waals surface area contributed by atoms with E-state index in [0.29, 0.717) is 5.92 Å². The van der Waals surface area contributed by atoms with E-state index in [1.54, 1.807) is 0 Å². The Morgan fingerprint density at radius 2 is 1.62 bits per heavy atom. The van der Waals surface area contributed by atoms with Crippen molar-refractivity contribution in [1.29, 1.82) is 0 Å². The van der Waals surface area contributed by atoms with Crippen LogP contribution in [-0.2, 0) is 6.54 Å². The molecule has 6 rings (SSSR count). The highest BCUT2D eigenvalue weighted by Crippen LogP contribution is 2.27. The van der Waals surface area contributed by atoms with Crippen molar-refractivity contribution in [2.75, 3.05) is 25.0 Å².